The van der Waals surface area contributed by atoms with E-state index in [1.54, 1.807) is 24.3 Å². The molecule has 20 heavy (non-hydrogen) atoms. The number of piperidine rings is 1. The van der Waals surface area contributed by atoms with Crippen molar-refractivity contribution in [1.29, 1.82) is 0 Å². The van der Waals surface area contributed by atoms with Crippen molar-refractivity contribution in [2.24, 2.45) is 5.92 Å². The topological polar surface area (TPSA) is 113 Å². The first-order chi connectivity index (χ1) is 9.40. The highest BCUT2D eigenvalue weighted by atomic mass is 32.2. The Bertz CT molecular complexity index is 594. The zero-order valence-corrected chi connectivity index (χ0v) is 11.6. The maximum atomic E-state index is 12.2. The lowest BCUT2D eigenvalue weighted by Crippen LogP contribution is -2.43. The van der Waals surface area contributed by atoms with Crippen LogP contribution >= 0.6 is 0 Å². The summed E-state index contributed by atoms with van der Waals surface area (Å²) in [6.07, 6.45) is 0.640. The van der Waals surface area contributed by atoms with Crippen molar-refractivity contribution in [3.8, 4) is 0 Å². The summed E-state index contributed by atoms with van der Waals surface area (Å²) in [5, 5.41) is 8.90. The normalized spacial score (nSPS) is 17.8. The second kappa shape index (κ2) is 5.68. The zero-order chi connectivity index (χ0) is 14.8. The van der Waals surface area contributed by atoms with Crippen molar-refractivity contribution in [2.75, 3.05) is 23.5 Å². The number of hydrogen-bond acceptors (Lipinski definition) is 4. The molecule has 0 atom stereocenters. The highest BCUT2D eigenvalue weighted by Gasteiger charge is 2.31. The molecule has 2 rings (SSSR count). The molecular weight excluding hydrogens is 282 g/mol. The van der Waals surface area contributed by atoms with Crippen molar-refractivity contribution in [3.05, 3.63) is 24.3 Å². The van der Waals surface area contributed by atoms with Crippen LogP contribution in [0.5, 0.6) is 0 Å². The van der Waals surface area contributed by atoms with Gasteiger partial charge in [0.15, 0.2) is 0 Å². The smallest absolute Gasteiger partial charge is 0.306 e. The predicted octanol–water partition coefficient (Wildman–Crippen LogP) is 0.722. The molecule has 8 heteroatoms. The fourth-order valence-corrected chi connectivity index (χ4v) is 3.42. The lowest BCUT2D eigenvalue weighted by Gasteiger charge is -2.29. The third-order valence-corrected chi connectivity index (χ3v) is 4.87. The van der Waals surface area contributed by atoms with Gasteiger partial charge in [0, 0.05) is 13.1 Å². The summed E-state index contributed by atoms with van der Waals surface area (Å²) in [5.74, 6) is -1.34. The fourth-order valence-electron chi connectivity index (χ4n) is 2.14. The van der Waals surface area contributed by atoms with Gasteiger partial charge in [-0.25, -0.2) is 0 Å². The average molecular weight is 299 g/mol. The number of carbonyl (C=O) groups is 1. The lowest BCUT2D eigenvalue weighted by atomic mass is 9.99. The van der Waals surface area contributed by atoms with Crippen LogP contribution in [0.3, 0.4) is 0 Å². The number of para-hydroxylation sites is 2. The van der Waals surface area contributed by atoms with Gasteiger partial charge in [-0.1, -0.05) is 12.1 Å². The van der Waals surface area contributed by atoms with Crippen LogP contribution in [0, 0.1) is 5.92 Å². The van der Waals surface area contributed by atoms with Crippen LogP contribution in [-0.4, -0.2) is 36.9 Å². The van der Waals surface area contributed by atoms with Crippen molar-refractivity contribution in [1.82, 2.24) is 4.31 Å². The Morgan fingerprint density at radius 1 is 1.30 bits per heavy atom. The number of carboxylic acids is 1. The molecule has 1 aromatic rings. The number of nitrogen functional groups attached to an aromatic ring is 1. The quantitative estimate of drug-likeness (QED) is 0.709. The minimum absolute atomic E-state index is 0.193. The molecule has 1 aromatic carbocycles. The minimum atomic E-state index is -3.70. The summed E-state index contributed by atoms with van der Waals surface area (Å²) in [7, 11) is -3.70. The lowest BCUT2D eigenvalue weighted by molar-refractivity contribution is -0.142. The number of hydrogen-bond donors (Lipinski definition) is 3. The molecule has 0 radical (unpaired) electrons. The van der Waals surface area contributed by atoms with Crippen LogP contribution in [0.25, 0.3) is 0 Å². The van der Waals surface area contributed by atoms with E-state index in [1.807, 2.05) is 0 Å². The molecule has 1 heterocycles. The van der Waals surface area contributed by atoms with Crippen LogP contribution in [0.15, 0.2) is 24.3 Å². The third kappa shape index (κ3) is 3.20. The van der Waals surface area contributed by atoms with Crippen LogP contribution in [0.2, 0.25) is 0 Å². The number of nitrogens with zero attached hydrogens (tertiary/aromatic N) is 1. The second-order valence-electron chi connectivity index (χ2n) is 4.71. The van der Waals surface area contributed by atoms with E-state index >= 15 is 0 Å². The summed E-state index contributed by atoms with van der Waals surface area (Å²) in [6.45, 7) is 0.387. The molecule has 7 nitrogen and oxygen atoms in total. The number of rotatable bonds is 4. The van der Waals surface area contributed by atoms with Crippen LogP contribution < -0.4 is 10.5 Å². The van der Waals surface area contributed by atoms with Crippen LogP contribution in [0.1, 0.15) is 12.8 Å². The van der Waals surface area contributed by atoms with Gasteiger partial charge in [-0.2, -0.15) is 12.7 Å². The maximum absolute atomic E-state index is 12.2. The molecule has 0 aliphatic carbocycles. The molecule has 1 aliphatic heterocycles. The highest BCUT2D eigenvalue weighted by molar-refractivity contribution is 7.90. The average Bonchev–Trinajstić information content (AvgIpc) is 2.41. The monoisotopic (exact) mass is 299 g/mol. The number of benzene rings is 1. The fraction of sp³-hybridized carbons (Fsp3) is 0.417. The van der Waals surface area contributed by atoms with E-state index < -0.39 is 22.1 Å². The molecule has 0 amide bonds. The van der Waals surface area contributed by atoms with E-state index in [0.717, 1.165) is 0 Å². The van der Waals surface area contributed by atoms with Gasteiger partial charge >= 0.3 is 16.2 Å². The number of carboxylic acid groups (broad SMARTS) is 1. The number of nitrogens with one attached hydrogen (secondary N) is 1. The maximum Gasteiger partial charge on any atom is 0.306 e. The third-order valence-electron chi connectivity index (χ3n) is 3.34. The number of aliphatic carboxylic acids is 1. The van der Waals surface area contributed by atoms with Gasteiger partial charge in [0.1, 0.15) is 0 Å². The summed E-state index contributed by atoms with van der Waals surface area (Å²) in [6, 6.07) is 6.59. The van der Waals surface area contributed by atoms with Crippen molar-refractivity contribution in [2.45, 2.75) is 12.8 Å². The largest absolute Gasteiger partial charge is 0.481 e. The van der Waals surface area contributed by atoms with Crippen molar-refractivity contribution < 1.29 is 18.3 Å². The van der Waals surface area contributed by atoms with Gasteiger partial charge in [-0.15, -0.1) is 0 Å². The van der Waals surface area contributed by atoms with Gasteiger partial charge in [0.25, 0.3) is 0 Å². The van der Waals surface area contributed by atoms with Gasteiger partial charge in [-0.3, -0.25) is 9.52 Å². The van der Waals surface area contributed by atoms with E-state index in [0.29, 0.717) is 24.2 Å². The van der Waals surface area contributed by atoms with Gasteiger partial charge in [-0.05, 0) is 25.0 Å². The number of anilines is 2. The Balaban J connectivity index is 2.05. The molecule has 1 aliphatic rings. The SMILES string of the molecule is Nc1ccccc1NS(=O)(=O)N1CCC(C(=O)O)CC1. The first-order valence-corrected chi connectivity index (χ1v) is 7.69. The summed E-state index contributed by atoms with van der Waals surface area (Å²) in [5.41, 5.74) is 6.37. The van der Waals surface area contributed by atoms with Crippen LogP contribution in [-0.2, 0) is 15.0 Å². The Hall–Kier alpha value is -1.80. The number of nitrogens with two attached hydrogens (primary N) is 1. The van der Waals surface area contributed by atoms with Gasteiger partial charge in [0.2, 0.25) is 0 Å². The summed E-state index contributed by atoms with van der Waals surface area (Å²) < 4.78 is 28.1. The predicted molar refractivity (Wildman–Crippen MR) is 75.3 cm³/mol. The van der Waals surface area contributed by atoms with E-state index in [9.17, 15) is 13.2 Å². The van der Waals surface area contributed by atoms with Crippen molar-refractivity contribution >= 4 is 27.6 Å². The molecule has 0 bridgehead atoms. The van der Waals surface area contributed by atoms with E-state index in [-0.39, 0.29) is 13.1 Å². The molecule has 0 saturated carbocycles. The minimum Gasteiger partial charge on any atom is -0.481 e. The Morgan fingerprint density at radius 3 is 2.45 bits per heavy atom. The Kier molecular flexibility index (Phi) is 4.15. The zero-order valence-electron chi connectivity index (χ0n) is 10.8. The first kappa shape index (κ1) is 14.6. The summed E-state index contributed by atoms with van der Waals surface area (Å²) in [4.78, 5) is 10.8. The molecule has 1 saturated heterocycles. The Morgan fingerprint density at radius 2 is 1.90 bits per heavy atom. The van der Waals surface area contributed by atoms with Gasteiger partial charge in [0.05, 0.1) is 17.3 Å². The molecule has 0 aromatic heterocycles. The van der Waals surface area contributed by atoms with E-state index in [2.05, 4.69) is 4.72 Å². The molecular formula is C12H17N3O4S. The molecule has 1 fully saturated rings. The van der Waals surface area contributed by atoms with Crippen molar-refractivity contribution in [3.63, 3.8) is 0 Å². The van der Waals surface area contributed by atoms with E-state index in [4.69, 9.17) is 10.8 Å². The van der Waals surface area contributed by atoms with E-state index in [1.165, 1.54) is 4.31 Å². The van der Waals surface area contributed by atoms with Crippen LogP contribution in [0.4, 0.5) is 11.4 Å². The molecule has 0 spiro atoms. The Labute approximate surface area is 117 Å². The summed E-state index contributed by atoms with van der Waals surface area (Å²) >= 11 is 0. The standard InChI is InChI=1S/C12H17N3O4S/c13-10-3-1-2-4-11(10)14-20(18,19)15-7-5-9(6-8-15)12(16)17/h1-4,9,14H,5-8,13H2,(H,16,17). The molecule has 0 unspecified atom stereocenters. The second-order valence-corrected chi connectivity index (χ2v) is 6.38. The first-order valence-electron chi connectivity index (χ1n) is 6.25. The molecule has 110 valence electrons. The van der Waals surface area contributed by atoms with Gasteiger partial charge < -0.3 is 10.8 Å². The molecule has 4 N–H and O–H groups in total. The highest BCUT2D eigenvalue weighted by Crippen LogP contribution is 2.23.